The molecule has 0 bridgehead atoms. The van der Waals surface area contributed by atoms with Crippen molar-refractivity contribution in [1.29, 1.82) is 0 Å². The molecule has 0 aliphatic heterocycles. The molecule has 1 aromatic rings. The van der Waals surface area contributed by atoms with Crippen LogP contribution in [0, 0.1) is 0 Å². The fourth-order valence-electron chi connectivity index (χ4n) is 2.61. The topological polar surface area (TPSA) is 70.6 Å². The molecule has 2 N–H and O–H groups in total. The van der Waals surface area contributed by atoms with Gasteiger partial charge in [-0.25, -0.2) is 0 Å². The molecule has 21 heavy (non-hydrogen) atoms. The lowest BCUT2D eigenvalue weighted by Gasteiger charge is -2.17. The molecule has 1 atom stereocenters. The number of carbonyl (C=O) groups is 2. The summed E-state index contributed by atoms with van der Waals surface area (Å²) in [6, 6.07) is 5.36. The smallest absolute Gasteiger partial charge is 0.229 e. The van der Waals surface area contributed by atoms with Crippen LogP contribution in [0.5, 0.6) is 0 Å². The molecule has 1 unspecified atom stereocenters. The van der Waals surface area contributed by atoms with Crippen molar-refractivity contribution < 1.29 is 9.59 Å². The van der Waals surface area contributed by atoms with E-state index in [1.54, 1.807) is 18.2 Å². The number of hydrogen-bond donors (Lipinski definition) is 2. The molecule has 0 saturated carbocycles. The number of hydrazone groups is 1. The van der Waals surface area contributed by atoms with E-state index in [2.05, 4.69) is 15.8 Å². The number of allylic oxidation sites excluding steroid dienone is 1. The van der Waals surface area contributed by atoms with E-state index in [4.69, 9.17) is 12.2 Å². The van der Waals surface area contributed by atoms with Crippen LogP contribution in [0.15, 0.2) is 29.4 Å². The van der Waals surface area contributed by atoms with Gasteiger partial charge >= 0.3 is 0 Å². The van der Waals surface area contributed by atoms with Crippen molar-refractivity contribution in [2.45, 2.75) is 12.8 Å². The minimum absolute atomic E-state index is 0.384. The number of nitrogens with one attached hydrogen (secondary N) is 2. The van der Waals surface area contributed by atoms with E-state index in [1.165, 1.54) is 0 Å². The van der Waals surface area contributed by atoms with Crippen molar-refractivity contribution in [3.05, 3.63) is 41.0 Å². The first-order valence-corrected chi connectivity index (χ1v) is 7.05. The Morgan fingerprint density at radius 1 is 1.33 bits per heavy atom. The van der Waals surface area contributed by atoms with E-state index in [0.29, 0.717) is 22.9 Å². The quantitative estimate of drug-likeness (QED) is 0.491. The molecule has 106 valence electrons. The van der Waals surface area contributed by atoms with E-state index in [9.17, 15) is 9.59 Å². The van der Waals surface area contributed by atoms with Crippen molar-refractivity contribution in [2.24, 2.45) is 5.10 Å². The molecular weight excluding hydrogens is 286 g/mol. The van der Waals surface area contributed by atoms with Gasteiger partial charge in [-0.15, -0.1) is 0 Å². The Labute approximate surface area is 127 Å². The molecule has 0 heterocycles. The SMILES string of the molecule is CCNC(=S)NN=C1C=Cc2cccc3c2C1C(=O)C3=O. The van der Waals surface area contributed by atoms with Crippen LogP contribution in [0.3, 0.4) is 0 Å². The van der Waals surface area contributed by atoms with Crippen LogP contribution >= 0.6 is 12.2 Å². The van der Waals surface area contributed by atoms with Gasteiger partial charge < -0.3 is 5.32 Å². The Kier molecular flexibility index (Phi) is 3.39. The number of ketones is 2. The normalized spacial score (nSPS) is 20.6. The fourth-order valence-corrected chi connectivity index (χ4v) is 2.80. The number of Topliss-reactive ketones (excluding diaryl/α,β-unsaturated/α-hetero) is 2. The highest BCUT2D eigenvalue weighted by molar-refractivity contribution is 7.80. The number of thiocarbonyl (C=S) groups is 1. The molecule has 0 amide bonds. The Bertz CT molecular complexity index is 722. The average molecular weight is 299 g/mol. The van der Waals surface area contributed by atoms with Crippen LogP contribution in [-0.4, -0.2) is 28.9 Å². The number of rotatable bonds is 2. The molecule has 1 aromatic carbocycles. The lowest BCUT2D eigenvalue weighted by atomic mass is 9.87. The van der Waals surface area contributed by atoms with Crippen LogP contribution < -0.4 is 10.7 Å². The summed E-state index contributed by atoms with van der Waals surface area (Å²) < 4.78 is 0. The van der Waals surface area contributed by atoms with Crippen LogP contribution in [0.2, 0.25) is 0 Å². The van der Waals surface area contributed by atoms with Crippen molar-refractivity contribution in [3.63, 3.8) is 0 Å². The molecule has 0 saturated heterocycles. The van der Waals surface area contributed by atoms with Gasteiger partial charge in [0.25, 0.3) is 0 Å². The second-order valence-corrected chi connectivity index (χ2v) is 5.18. The van der Waals surface area contributed by atoms with E-state index in [-0.39, 0.29) is 0 Å². The predicted octanol–water partition coefficient (Wildman–Crippen LogP) is 1.40. The Morgan fingerprint density at radius 2 is 2.14 bits per heavy atom. The zero-order chi connectivity index (χ0) is 15.0. The highest BCUT2D eigenvalue weighted by Gasteiger charge is 2.43. The Morgan fingerprint density at radius 3 is 2.90 bits per heavy atom. The van der Waals surface area contributed by atoms with Crippen molar-refractivity contribution in [2.75, 3.05) is 6.54 Å². The fraction of sp³-hybridized carbons (Fsp3) is 0.200. The third kappa shape index (κ3) is 2.17. The molecule has 2 aliphatic rings. The van der Waals surface area contributed by atoms with Crippen molar-refractivity contribution in [3.8, 4) is 0 Å². The third-order valence-electron chi connectivity index (χ3n) is 3.51. The van der Waals surface area contributed by atoms with Gasteiger partial charge in [0.05, 0.1) is 11.6 Å². The van der Waals surface area contributed by atoms with Gasteiger partial charge in [0.1, 0.15) is 0 Å². The van der Waals surface area contributed by atoms with Crippen LogP contribution in [0.4, 0.5) is 0 Å². The van der Waals surface area contributed by atoms with Gasteiger partial charge in [-0.3, -0.25) is 15.0 Å². The Hall–Kier alpha value is -2.34. The first-order valence-electron chi connectivity index (χ1n) is 6.64. The lowest BCUT2D eigenvalue weighted by molar-refractivity contribution is -0.114. The molecule has 2 aliphatic carbocycles. The summed E-state index contributed by atoms with van der Waals surface area (Å²) in [6.07, 6.45) is 3.60. The van der Waals surface area contributed by atoms with E-state index in [0.717, 1.165) is 11.1 Å². The zero-order valence-electron chi connectivity index (χ0n) is 11.3. The van der Waals surface area contributed by atoms with E-state index in [1.807, 2.05) is 19.1 Å². The van der Waals surface area contributed by atoms with E-state index < -0.39 is 17.5 Å². The van der Waals surface area contributed by atoms with Gasteiger partial charge in [-0.05, 0) is 36.3 Å². The second-order valence-electron chi connectivity index (χ2n) is 4.78. The maximum Gasteiger partial charge on any atom is 0.229 e. The molecular formula is C15H13N3O2S. The predicted molar refractivity (Wildman–Crippen MR) is 84.4 cm³/mol. The molecule has 5 nitrogen and oxygen atoms in total. The first kappa shape index (κ1) is 13.6. The monoisotopic (exact) mass is 299 g/mol. The summed E-state index contributed by atoms with van der Waals surface area (Å²) >= 11 is 5.03. The highest BCUT2D eigenvalue weighted by Crippen LogP contribution is 2.37. The second kappa shape index (κ2) is 5.21. The summed E-state index contributed by atoms with van der Waals surface area (Å²) in [5.74, 6) is -1.50. The number of carbonyl (C=O) groups excluding carboxylic acids is 2. The highest BCUT2D eigenvalue weighted by atomic mass is 32.1. The first-order chi connectivity index (χ1) is 10.1. The van der Waals surface area contributed by atoms with Gasteiger partial charge in [0.15, 0.2) is 5.11 Å². The zero-order valence-corrected chi connectivity index (χ0v) is 12.2. The maximum absolute atomic E-state index is 12.2. The van der Waals surface area contributed by atoms with Crippen molar-refractivity contribution >= 4 is 40.7 Å². The lowest BCUT2D eigenvalue weighted by Crippen LogP contribution is -2.33. The number of nitrogens with zero attached hydrogens (tertiary/aromatic N) is 1. The molecule has 0 spiro atoms. The molecule has 0 fully saturated rings. The summed E-state index contributed by atoms with van der Waals surface area (Å²) in [5, 5.41) is 7.47. The minimum Gasteiger partial charge on any atom is -0.362 e. The molecule has 0 radical (unpaired) electrons. The average Bonchev–Trinajstić information content (AvgIpc) is 2.74. The number of benzene rings is 1. The maximum atomic E-state index is 12.2. The van der Waals surface area contributed by atoms with Crippen LogP contribution in [0.1, 0.15) is 34.3 Å². The molecule has 3 rings (SSSR count). The Balaban J connectivity index is 1.98. The largest absolute Gasteiger partial charge is 0.362 e. The van der Waals surface area contributed by atoms with E-state index >= 15 is 0 Å². The standard InChI is InChI=1S/C15H13N3O2S/c1-2-16-15(21)18-17-10-7-6-8-4-3-5-9-11(8)12(10)14(20)13(9)19/h3-7,12H,2H2,1H3,(H2,16,18,21). The summed E-state index contributed by atoms with van der Waals surface area (Å²) in [6.45, 7) is 2.60. The van der Waals surface area contributed by atoms with Gasteiger partial charge in [-0.1, -0.05) is 24.3 Å². The summed E-state index contributed by atoms with van der Waals surface area (Å²) in [4.78, 5) is 24.3. The van der Waals surface area contributed by atoms with Gasteiger partial charge in [0, 0.05) is 12.1 Å². The minimum atomic E-state index is -0.620. The van der Waals surface area contributed by atoms with Crippen molar-refractivity contribution in [1.82, 2.24) is 10.7 Å². The van der Waals surface area contributed by atoms with Gasteiger partial charge in [0.2, 0.25) is 11.6 Å². The molecule has 0 aromatic heterocycles. The van der Waals surface area contributed by atoms with Crippen LogP contribution in [0.25, 0.3) is 6.08 Å². The number of hydrogen-bond acceptors (Lipinski definition) is 4. The molecule has 6 heteroatoms. The van der Waals surface area contributed by atoms with Crippen LogP contribution in [-0.2, 0) is 4.79 Å². The summed E-state index contributed by atoms with van der Waals surface area (Å²) in [5.41, 5.74) is 5.33. The van der Waals surface area contributed by atoms with Gasteiger partial charge in [-0.2, -0.15) is 5.10 Å². The third-order valence-corrected chi connectivity index (χ3v) is 3.75. The summed E-state index contributed by atoms with van der Waals surface area (Å²) in [7, 11) is 0.